The summed E-state index contributed by atoms with van der Waals surface area (Å²) in [6.07, 6.45) is 6.24. The molecule has 1 aliphatic heterocycles. The molecule has 3 heteroatoms. The number of carbonyl (C=O) groups is 1. The van der Waals surface area contributed by atoms with Crippen molar-refractivity contribution < 1.29 is 14.6 Å². The maximum Gasteiger partial charge on any atom is 0.336 e. The minimum atomic E-state index is -0.921. The topological polar surface area (TPSA) is 46.5 Å². The third-order valence-corrected chi connectivity index (χ3v) is 6.24. The van der Waals surface area contributed by atoms with Gasteiger partial charge < -0.3 is 9.84 Å². The number of aryl methyl sites for hydroxylation is 2. The molecule has 0 bridgehead atoms. The highest BCUT2D eigenvalue weighted by molar-refractivity contribution is 5.97. The Hall–Kier alpha value is -3.07. The minimum Gasteiger partial charge on any atom is -0.486 e. The average Bonchev–Trinajstić information content (AvgIpc) is 2.78. The summed E-state index contributed by atoms with van der Waals surface area (Å²) < 4.78 is 6.65. The number of unbranched alkanes of at least 4 members (excludes halogenated alkanes) is 1. The van der Waals surface area contributed by atoms with E-state index in [1.807, 2.05) is 24.3 Å². The fourth-order valence-electron chi connectivity index (χ4n) is 4.48. The van der Waals surface area contributed by atoms with E-state index in [1.54, 1.807) is 12.1 Å². The van der Waals surface area contributed by atoms with Crippen molar-refractivity contribution in [2.24, 2.45) is 0 Å². The van der Waals surface area contributed by atoms with Crippen LogP contribution in [0.25, 0.3) is 11.1 Å². The van der Waals surface area contributed by atoms with E-state index in [1.165, 1.54) is 24.0 Å². The largest absolute Gasteiger partial charge is 0.486 e. The molecule has 3 nitrogen and oxygen atoms in total. The second-order valence-electron chi connectivity index (χ2n) is 8.79. The van der Waals surface area contributed by atoms with Gasteiger partial charge in [-0.25, -0.2) is 4.79 Å². The maximum absolute atomic E-state index is 11.8. The molecule has 0 radical (unpaired) electrons. The Labute approximate surface area is 184 Å². The first kappa shape index (κ1) is 21.2. The van der Waals surface area contributed by atoms with Gasteiger partial charge in [-0.3, -0.25) is 0 Å². The van der Waals surface area contributed by atoms with E-state index >= 15 is 0 Å². The normalized spacial score (nSPS) is 17.6. The van der Waals surface area contributed by atoms with Crippen molar-refractivity contribution >= 4 is 5.97 Å². The summed E-state index contributed by atoms with van der Waals surface area (Å²) in [5.41, 5.74) is 5.34. The lowest BCUT2D eigenvalue weighted by Crippen LogP contribution is -2.38. The summed E-state index contributed by atoms with van der Waals surface area (Å²) in [6, 6.07) is 22.1. The quantitative estimate of drug-likeness (QED) is 0.467. The Morgan fingerprint density at radius 1 is 0.968 bits per heavy atom. The van der Waals surface area contributed by atoms with E-state index in [9.17, 15) is 9.90 Å². The van der Waals surface area contributed by atoms with Crippen LogP contribution in [0.3, 0.4) is 0 Å². The zero-order chi connectivity index (χ0) is 21.8. The molecule has 3 aromatic rings. The molecule has 0 aromatic heterocycles. The molecule has 1 atom stereocenters. The zero-order valence-corrected chi connectivity index (χ0v) is 18.4. The molecule has 0 unspecified atom stereocenters. The van der Waals surface area contributed by atoms with Gasteiger partial charge in [0, 0.05) is 12.0 Å². The van der Waals surface area contributed by atoms with Crippen LogP contribution >= 0.6 is 0 Å². The van der Waals surface area contributed by atoms with Gasteiger partial charge >= 0.3 is 5.97 Å². The molecule has 1 aliphatic rings. The van der Waals surface area contributed by atoms with Crippen LogP contribution in [0.4, 0.5) is 0 Å². The first-order valence-electron chi connectivity index (χ1n) is 11.2. The van der Waals surface area contributed by atoms with E-state index in [4.69, 9.17) is 4.74 Å². The van der Waals surface area contributed by atoms with Crippen LogP contribution in [0.5, 0.6) is 5.75 Å². The average molecular weight is 415 g/mol. The van der Waals surface area contributed by atoms with Gasteiger partial charge in [0.15, 0.2) is 0 Å². The lowest BCUT2D eigenvalue weighted by Gasteiger charge is -2.37. The van der Waals surface area contributed by atoms with Crippen LogP contribution in [-0.4, -0.2) is 16.7 Å². The van der Waals surface area contributed by atoms with Crippen LogP contribution in [0, 0.1) is 0 Å². The zero-order valence-electron chi connectivity index (χ0n) is 18.4. The number of ether oxygens (including phenoxy) is 1. The summed E-state index contributed by atoms with van der Waals surface area (Å²) >= 11 is 0. The number of carboxylic acid groups (broad SMARTS) is 1. The predicted octanol–water partition coefficient (Wildman–Crippen LogP) is 6.72. The summed E-state index contributed by atoms with van der Waals surface area (Å²) in [4.78, 5) is 11.8. The SMILES string of the molecule is CCCCc1ccc(C[C@@]2(C)CCc3cccc(-c4ccccc4C(=O)O)c3O2)cc1. The van der Waals surface area contributed by atoms with E-state index in [0.29, 0.717) is 11.1 Å². The first-order chi connectivity index (χ1) is 15.0. The molecule has 31 heavy (non-hydrogen) atoms. The van der Waals surface area contributed by atoms with Crippen LogP contribution in [0.2, 0.25) is 0 Å². The van der Waals surface area contributed by atoms with Gasteiger partial charge in [0.1, 0.15) is 11.4 Å². The molecule has 0 saturated carbocycles. The minimum absolute atomic E-state index is 0.300. The molecule has 4 rings (SSSR count). The van der Waals surface area contributed by atoms with Gasteiger partial charge in [-0.15, -0.1) is 0 Å². The molecule has 0 spiro atoms. The lowest BCUT2D eigenvalue weighted by molar-refractivity contribution is 0.0661. The maximum atomic E-state index is 11.8. The summed E-state index contributed by atoms with van der Waals surface area (Å²) in [6.45, 7) is 4.39. The van der Waals surface area contributed by atoms with E-state index in [0.717, 1.165) is 42.6 Å². The Balaban J connectivity index is 1.62. The Bertz CT molecular complexity index is 1070. The van der Waals surface area contributed by atoms with Gasteiger partial charge in [-0.05, 0) is 60.9 Å². The molecule has 0 fully saturated rings. The molecule has 160 valence electrons. The fourth-order valence-corrected chi connectivity index (χ4v) is 4.48. The van der Waals surface area contributed by atoms with Gasteiger partial charge in [0.2, 0.25) is 0 Å². The van der Waals surface area contributed by atoms with Crippen molar-refractivity contribution in [3.05, 3.63) is 89.0 Å². The smallest absolute Gasteiger partial charge is 0.336 e. The molecular weight excluding hydrogens is 384 g/mol. The van der Waals surface area contributed by atoms with E-state index in [-0.39, 0.29) is 5.60 Å². The van der Waals surface area contributed by atoms with Gasteiger partial charge in [-0.2, -0.15) is 0 Å². The highest BCUT2D eigenvalue weighted by atomic mass is 16.5. The van der Waals surface area contributed by atoms with Gasteiger partial charge in [0.05, 0.1) is 5.56 Å². The Kier molecular flexibility index (Phi) is 6.13. The number of para-hydroxylation sites is 1. The van der Waals surface area contributed by atoms with E-state index < -0.39 is 5.97 Å². The van der Waals surface area contributed by atoms with Crippen LogP contribution in [-0.2, 0) is 19.3 Å². The number of hydrogen-bond acceptors (Lipinski definition) is 2. The number of fused-ring (bicyclic) bond motifs is 1. The van der Waals surface area contributed by atoms with Crippen molar-refractivity contribution in [3.63, 3.8) is 0 Å². The summed E-state index contributed by atoms with van der Waals surface area (Å²) in [5, 5.41) is 9.66. The van der Waals surface area contributed by atoms with Crippen molar-refractivity contribution in [1.82, 2.24) is 0 Å². The second-order valence-corrected chi connectivity index (χ2v) is 8.79. The van der Waals surface area contributed by atoms with Crippen molar-refractivity contribution in [3.8, 4) is 16.9 Å². The third kappa shape index (κ3) is 4.66. The molecule has 0 saturated heterocycles. The second kappa shape index (κ2) is 8.97. The number of hydrogen-bond donors (Lipinski definition) is 1. The fraction of sp³-hybridized carbons (Fsp3) is 0.321. The van der Waals surface area contributed by atoms with Crippen molar-refractivity contribution in [1.29, 1.82) is 0 Å². The van der Waals surface area contributed by atoms with E-state index in [2.05, 4.69) is 44.2 Å². The lowest BCUT2D eigenvalue weighted by atomic mass is 9.85. The predicted molar refractivity (Wildman–Crippen MR) is 125 cm³/mol. The number of benzene rings is 3. The molecule has 0 amide bonds. The number of aromatic carboxylic acids is 1. The molecule has 1 heterocycles. The third-order valence-electron chi connectivity index (χ3n) is 6.24. The van der Waals surface area contributed by atoms with Crippen LogP contribution in [0.1, 0.15) is 60.2 Å². The molecule has 0 aliphatic carbocycles. The van der Waals surface area contributed by atoms with Crippen LogP contribution < -0.4 is 4.74 Å². The Morgan fingerprint density at radius 3 is 2.42 bits per heavy atom. The summed E-state index contributed by atoms with van der Waals surface area (Å²) in [7, 11) is 0. The highest BCUT2D eigenvalue weighted by Crippen LogP contribution is 2.42. The standard InChI is InChI=1S/C28H30O3/c1-3-4-8-20-13-15-21(16-14-20)19-28(2)18-17-22-9-7-12-24(26(22)31-28)23-10-5-6-11-25(23)27(29)30/h5-7,9-16H,3-4,8,17-19H2,1-2H3,(H,29,30)/t28-/m1/s1. The molecule has 1 N–H and O–H groups in total. The highest BCUT2D eigenvalue weighted by Gasteiger charge is 2.33. The van der Waals surface area contributed by atoms with Crippen molar-refractivity contribution in [2.45, 2.75) is 58.0 Å². The first-order valence-corrected chi connectivity index (χ1v) is 11.2. The molecular formula is C28H30O3. The van der Waals surface area contributed by atoms with Crippen molar-refractivity contribution in [2.75, 3.05) is 0 Å². The van der Waals surface area contributed by atoms with Gasteiger partial charge in [0.25, 0.3) is 0 Å². The number of rotatable bonds is 7. The van der Waals surface area contributed by atoms with Crippen LogP contribution in [0.15, 0.2) is 66.7 Å². The molecule has 3 aromatic carbocycles. The Morgan fingerprint density at radius 2 is 1.68 bits per heavy atom. The van der Waals surface area contributed by atoms with Gasteiger partial charge in [-0.1, -0.05) is 74.0 Å². The monoisotopic (exact) mass is 414 g/mol. The summed E-state index contributed by atoms with van der Waals surface area (Å²) in [5.74, 6) is -0.0977. The number of carboxylic acids is 1.